The molecule has 2 aromatic rings. The van der Waals surface area contributed by atoms with Crippen LogP contribution in [0.2, 0.25) is 0 Å². The molecule has 0 aliphatic heterocycles. The lowest BCUT2D eigenvalue weighted by atomic mass is 10.3. The lowest BCUT2D eigenvalue weighted by molar-refractivity contribution is -0.137. The van der Waals surface area contributed by atoms with Crippen LogP contribution in [0.5, 0.6) is 0 Å². The van der Waals surface area contributed by atoms with E-state index in [-0.39, 0.29) is 17.9 Å². The summed E-state index contributed by atoms with van der Waals surface area (Å²) >= 11 is 0. The van der Waals surface area contributed by atoms with Gasteiger partial charge in [-0.05, 0) is 6.42 Å². The first kappa shape index (κ1) is 15.0. The minimum atomic E-state index is -3.79. The quantitative estimate of drug-likeness (QED) is 0.680. The Morgan fingerprint density at radius 2 is 2.24 bits per heavy atom. The summed E-state index contributed by atoms with van der Waals surface area (Å²) in [5.41, 5.74) is 0.747. The Hall–Kier alpha value is -2.36. The second-order valence-corrected chi connectivity index (χ2v) is 5.99. The predicted molar refractivity (Wildman–Crippen MR) is 73.3 cm³/mol. The van der Waals surface area contributed by atoms with Crippen molar-refractivity contribution in [1.29, 1.82) is 0 Å². The smallest absolute Gasteiger partial charge is 0.305 e. The van der Waals surface area contributed by atoms with E-state index in [1.807, 2.05) is 6.92 Å². The molecule has 9 nitrogen and oxygen atoms in total. The van der Waals surface area contributed by atoms with Gasteiger partial charge in [0.2, 0.25) is 0 Å². The minimum absolute atomic E-state index is 0.0375. The Morgan fingerprint density at radius 1 is 1.48 bits per heavy atom. The van der Waals surface area contributed by atoms with E-state index in [1.54, 1.807) is 6.20 Å². The highest BCUT2D eigenvalue weighted by Gasteiger charge is 2.19. The fourth-order valence-corrected chi connectivity index (χ4v) is 2.69. The molecule has 114 valence electrons. The zero-order valence-electron chi connectivity index (χ0n) is 11.3. The standard InChI is InChI=1S/C11H15N5O4S/c1-2-8-5-12-14-11(8)15-21(19,20)9-6-13-16(7-9)4-3-10(17)18/h5-7H,2-4H2,1H3,(H,17,18)(H2,12,14,15). The Morgan fingerprint density at radius 3 is 2.90 bits per heavy atom. The predicted octanol–water partition coefficient (Wildman–Crippen LogP) is 0.444. The number of nitrogens with zero attached hydrogens (tertiary/aromatic N) is 3. The van der Waals surface area contributed by atoms with Crippen molar-refractivity contribution in [2.75, 3.05) is 4.72 Å². The van der Waals surface area contributed by atoms with Crippen LogP contribution in [0.3, 0.4) is 0 Å². The highest BCUT2D eigenvalue weighted by atomic mass is 32.2. The highest BCUT2D eigenvalue weighted by molar-refractivity contribution is 7.92. The van der Waals surface area contributed by atoms with Crippen LogP contribution < -0.4 is 4.72 Å². The molecule has 0 bridgehead atoms. The van der Waals surface area contributed by atoms with Crippen molar-refractivity contribution in [3.8, 4) is 0 Å². The number of carboxylic acids is 1. The lowest BCUT2D eigenvalue weighted by Crippen LogP contribution is -2.14. The van der Waals surface area contributed by atoms with Crippen LogP contribution in [0, 0.1) is 0 Å². The van der Waals surface area contributed by atoms with Gasteiger partial charge in [-0.1, -0.05) is 6.92 Å². The van der Waals surface area contributed by atoms with E-state index >= 15 is 0 Å². The maximum absolute atomic E-state index is 12.2. The van der Waals surface area contributed by atoms with E-state index in [1.165, 1.54) is 17.1 Å². The number of H-pyrrole nitrogens is 1. The van der Waals surface area contributed by atoms with Crippen LogP contribution in [-0.4, -0.2) is 39.5 Å². The third-order valence-corrected chi connectivity index (χ3v) is 4.11. The summed E-state index contributed by atoms with van der Waals surface area (Å²) in [6, 6.07) is 0. The third-order valence-electron chi connectivity index (χ3n) is 2.81. The number of carbonyl (C=O) groups is 1. The summed E-state index contributed by atoms with van der Waals surface area (Å²) in [4.78, 5) is 10.4. The summed E-state index contributed by atoms with van der Waals surface area (Å²) in [5, 5.41) is 18.8. The summed E-state index contributed by atoms with van der Waals surface area (Å²) in [6.07, 6.45) is 4.51. The fraction of sp³-hybridized carbons (Fsp3) is 0.364. The molecule has 0 atom stereocenters. The number of aromatic amines is 1. The molecule has 0 saturated carbocycles. The molecule has 2 aromatic heterocycles. The second-order valence-electron chi connectivity index (χ2n) is 4.31. The molecule has 0 aromatic carbocycles. The van der Waals surface area contributed by atoms with Crippen LogP contribution in [0.15, 0.2) is 23.5 Å². The van der Waals surface area contributed by atoms with Crippen molar-refractivity contribution in [3.63, 3.8) is 0 Å². The summed E-state index contributed by atoms with van der Waals surface area (Å²) in [6.45, 7) is 1.99. The van der Waals surface area contributed by atoms with E-state index in [9.17, 15) is 13.2 Å². The summed E-state index contributed by atoms with van der Waals surface area (Å²) in [5.74, 6) is -0.658. The molecule has 0 aliphatic carbocycles. The Bertz CT molecular complexity index is 733. The van der Waals surface area contributed by atoms with Gasteiger partial charge in [-0.25, -0.2) is 8.42 Å². The van der Waals surface area contributed by atoms with E-state index in [0.717, 1.165) is 5.56 Å². The Kier molecular flexibility index (Phi) is 4.26. The van der Waals surface area contributed by atoms with Crippen molar-refractivity contribution in [3.05, 3.63) is 24.2 Å². The fourth-order valence-electron chi connectivity index (χ4n) is 1.68. The normalized spacial score (nSPS) is 11.5. The molecule has 0 spiro atoms. The van der Waals surface area contributed by atoms with Gasteiger partial charge in [0.1, 0.15) is 10.7 Å². The first-order chi connectivity index (χ1) is 9.92. The van der Waals surface area contributed by atoms with Gasteiger partial charge in [-0.2, -0.15) is 10.2 Å². The van der Waals surface area contributed by atoms with Crippen molar-refractivity contribution in [2.24, 2.45) is 0 Å². The van der Waals surface area contributed by atoms with Gasteiger partial charge in [-0.15, -0.1) is 0 Å². The zero-order valence-corrected chi connectivity index (χ0v) is 12.1. The van der Waals surface area contributed by atoms with Crippen molar-refractivity contribution < 1.29 is 18.3 Å². The molecule has 0 amide bonds. The second kappa shape index (κ2) is 5.95. The van der Waals surface area contributed by atoms with Crippen molar-refractivity contribution in [2.45, 2.75) is 31.2 Å². The molecule has 0 unspecified atom stereocenters. The molecule has 0 fully saturated rings. The number of aryl methyl sites for hydroxylation is 2. The molecule has 10 heteroatoms. The molecular weight excluding hydrogens is 298 g/mol. The zero-order chi connectivity index (χ0) is 15.5. The molecular formula is C11H15N5O4S. The molecule has 0 radical (unpaired) electrons. The Balaban J connectivity index is 2.14. The third kappa shape index (κ3) is 3.60. The first-order valence-corrected chi connectivity index (χ1v) is 7.70. The van der Waals surface area contributed by atoms with E-state index in [0.29, 0.717) is 12.2 Å². The van der Waals surface area contributed by atoms with Crippen LogP contribution in [0.1, 0.15) is 18.9 Å². The molecule has 21 heavy (non-hydrogen) atoms. The van der Waals surface area contributed by atoms with E-state index in [2.05, 4.69) is 20.0 Å². The van der Waals surface area contributed by atoms with Gasteiger partial charge in [0.15, 0.2) is 0 Å². The van der Waals surface area contributed by atoms with Gasteiger partial charge in [-0.3, -0.25) is 19.3 Å². The Labute approximate surface area is 121 Å². The van der Waals surface area contributed by atoms with Gasteiger partial charge in [0.05, 0.1) is 25.4 Å². The van der Waals surface area contributed by atoms with E-state index in [4.69, 9.17) is 5.11 Å². The lowest BCUT2D eigenvalue weighted by Gasteiger charge is -2.05. The monoisotopic (exact) mass is 313 g/mol. The average molecular weight is 313 g/mol. The van der Waals surface area contributed by atoms with Gasteiger partial charge < -0.3 is 5.11 Å². The SMILES string of the molecule is CCc1cn[nH]c1NS(=O)(=O)c1cnn(CCC(=O)O)c1. The molecule has 2 rings (SSSR count). The number of aromatic nitrogens is 4. The van der Waals surface area contributed by atoms with Gasteiger partial charge >= 0.3 is 5.97 Å². The van der Waals surface area contributed by atoms with Crippen LogP contribution in [0.4, 0.5) is 5.82 Å². The molecule has 0 saturated heterocycles. The number of hydrogen-bond acceptors (Lipinski definition) is 5. The van der Waals surface area contributed by atoms with Crippen LogP contribution in [-0.2, 0) is 27.8 Å². The number of sulfonamides is 1. The largest absolute Gasteiger partial charge is 0.481 e. The van der Waals surface area contributed by atoms with Crippen LogP contribution >= 0.6 is 0 Å². The van der Waals surface area contributed by atoms with Crippen molar-refractivity contribution in [1.82, 2.24) is 20.0 Å². The van der Waals surface area contributed by atoms with E-state index < -0.39 is 16.0 Å². The maximum Gasteiger partial charge on any atom is 0.305 e. The highest BCUT2D eigenvalue weighted by Crippen LogP contribution is 2.17. The number of rotatable bonds is 7. The summed E-state index contributed by atoms with van der Waals surface area (Å²) in [7, 11) is -3.79. The molecule has 0 aliphatic rings. The number of hydrogen-bond donors (Lipinski definition) is 3. The van der Waals surface area contributed by atoms with Gasteiger partial charge in [0, 0.05) is 11.8 Å². The average Bonchev–Trinajstić information content (AvgIpc) is 3.04. The first-order valence-electron chi connectivity index (χ1n) is 6.21. The number of nitrogens with one attached hydrogen (secondary N) is 2. The minimum Gasteiger partial charge on any atom is -0.481 e. The summed E-state index contributed by atoms with van der Waals surface area (Å²) < 4.78 is 28.1. The van der Waals surface area contributed by atoms with Crippen molar-refractivity contribution >= 4 is 21.8 Å². The number of carboxylic acid groups (broad SMARTS) is 1. The topological polar surface area (TPSA) is 130 Å². The van der Waals surface area contributed by atoms with Crippen LogP contribution in [0.25, 0.3) is 0 Å². The number of aliphatic carboxylic acids is 1. The maximum atomic E-state index is 12.2. The molecule has 3 N–H and O–H groups in total. The molecule has 2 heterocycles. The van der Waals surface area contributed by atoms with Gasteiger partial charge in [0.25, 0.3) is 10.0 Å². The number of anilines is 1.